The summed E-state index contributed by atoms with van der Waals surface area (Å²) in [6.07, 6.45) is 0. The highest BCUT2D eigenvalue weighted by molar-refractivity contribution is 5.95. The van der Waals surface area contributed by atoms with Crippen LogP contribution in [-0.2, 0) is 6.54 Å². The molecule has 0 spiro atoms. The molecule has 1 aromatic carbocycles. The van der Waals surface area contributed by atoms with E-state index in [1.807, 2.05) is 6.07 Å². The van der Waals surface area contributed by atoms with Gasteiger partial charge in [0.15, 0.2) is 5.43 Å². The number of carbonyl (C=O) groups excluding carboxylic acids is 1. The first kappa shape index (κ1) is 17.4. The Morgan fingerprint density at radius 3 is 2.52 bits per heavy atom. The molecule has 0 bridgehead atoms. The number of benzene rings is 1. The van der Waals surface area contributed by atoms with Gasteiger partial charge in [-0.3, -0.25) is 14.5 Å². The van der Waals surface area contributed by atoms with Gasteiger partial charge in [-0.15, -0.1) is 0 Å². The number of nitrogens with zero attached hydrogens (tertiary/aromatic N) is 2. The summed E-state index contributed by atoms with van der Waals surface area (Å²) in [5, 5.41) is 0. The second-order valence-corrected chi connectivity index (χ2v) is 6.51. The van der Waals surface area contributed by atoms with Crippen LogP contribution in [0.15, 0.2) is 35.1 Å². The fourth-order valence-electron chi connectivity index (χ4n) is 3.27. The maximum absolute atomic E-state index is 13.3. The minimum absolute atomic E-state index is 0.218. The maximum atomic E-state index is 13.3. The van der Waals surface area contributed by atoms with Gasteiger partial charge in [0.2, 0.25) is 0 Å². The van der Waals surface area contributed by atoms with E-state index in [-0.39, 0.29) is 22.7 Å². The molecule has 1 fully saturated rings. The standard InChI is InChI=1S/C19H22FN3O2/c1-13-10-17(24)18(14(2)21-13)19(25)23-8-6-22(7-9-23)12-15-4-3-5-16(20)11-15/h3-5,10-11H,6-9,12H2,1-2H3,(H,21,24). The van der Waals surface area contributed by atoms with Gasteiger partial charge in [0.05, 0.1) is 0 Å². The molecule has 0 aliphatic carbocycles. The lowest BCUT2D eigenvalue weighted by molar-refractivity contribution is 0.0626. The van der Waals surface area contributed by atoms with Crippen LogP contribution in [-0.4, -0.2) is 46.9 Å². The van der Waals surface area contributed by atoms with E-state index in [1.165, 1.54) is 18.2 Å². The van der Waals surface area contributed by atoms with Crippen LogP contribution < -0.4 is 5.43 Å². The summed E-state index contributed by atoms with van der Waals surface area (Å²) in [6, 6.07) is 8.03. The summed E-state index contributed by atoms with van der Waals surface area (Å²) in [6.45, 7) is 6.72. The Hall–Kier alpha value is -2.47. The lowest BCUT2D eigenvalue weighted by atomic mass is 10.1. The van der Waals surface area contributed by atoms with Crippen molar-refractivity contribution in [3.05, 3.63) is 68.9 Å². The third-order valence-corrected chi connectivity index (χ3v) is 4.52. The van der Waals surface area contributed by atoms with E-state index in [9.17, 15) is 14.0 Å². The fraction of sp³-hybridized carbons (Fsp3) is 0.368. The van der Waals surface area contributed by atoms with E-state index in [1.54, 1.807) is 24.8 Å². The van der Waals surface area contributed by atoms with Gasteiger partial charge in [0.25, 0.3) is 5.91 Å². The number of aromatic nitrogens is 1. The molecule has 0 atom stereocenters. The highest BCUT2D eigenvalue weighted by Gasteiger charge is 2.25. The molecule has 2 aromatic rings. The highest BCUT2D eigenvalue weighted by Crippen LogP contribution is 2.12. The largest absolute Gasteiger partial charge is 0.362 e. The van der Waals surface area contributed by atoms with Crippen LogP contribution in [0.4, 0.5) is 4.39 Å². The van der Waals surface area contributed by atoms with Crippen molar-refractivity contribution in [2.45, 2.75) is 20.4 Å². The predicted molar refractivity (Wildman–Crippen MR) is 94.1 cm³/mol. The lowest BCUT2D eigenvalue weighted by Gasteiger charge is -2.34. The van der Waals surface area contributed by atoms with Crippen LogP contribution in [0.1, 0.15) is 27.3 Å². The summed E-state index contributed by atoms with van der Waals surface area (Å²) in [7, 11) is 0. The molecule has 25 heavy (non-hydrogen) atoms. The Balaban J connectivity index is 1.64. The van der Waals surface area contributed by atoms with Crippen molar-refractivity contribution in [1.82, 2.24) is 14.8 Å². The first-order valence-corrected chi connectivity index (χ1v) is 8.40. The Bertz CT molecular complexity index is 839. The highest BCUT2D eigenvalue weighted by atomic mass is 19.1. The van der Waals surface area contributed by atoms with Gasteiger partial charge in [-0.1, -0.05) is 12.1 Å². The maximum Gasteiger partial charge on any atom is 0.259 e. The van der Waals surface area contributed by atoms with Crippen LogP contribution >= 0.6 is 0 Å². The van der Waals surface area contributed by atoms with Crippen molar-refractivity contribution < 1.29 is 9.18 Å². The molecule has 1 saturated heterocycles. The molecule has 132 valence electrons. The number of piperazine rings is 1. The molecule has 1 aromatic heterocycles. The zero-order valence-electron chi connectivity index (χ0n) is 14.5. The third kappa shape index (κ3) is 3.96. The van der Waals surface area contributed by atoms with Gasteiger partial charge in [0, 0.05) is 50.2 Å². The van der Waals surface area contributed by atoms with Crippen LogP contribution in [0.5, 0.6) is 0 Å². The number of hydrogen-bond donors (Lipinski definition) is 1. The van der Waals surface area contributed by atoms with E-state index in [0.29, 0.717) is 38.4 Å². The number of carbonyl (C=O) groups is 1. The zero-order chi connectivity index (χ0) is 18.0. The van der Waals surface area contributed by atoms with Gasteiger partial charge in [-0.25, -0.2) is 4.39 Å². The Kier molecular flexibility index (Phi) is 4.99. The molecular formula is C19H22FN3O2. The van der Waals surface area contributed by atoms with Gasteiger partial charge >= 0.3 is 0 Å². The molecule has 1 aliphatic heterocycles. The van der Waals surface area contributed by atoms with Crippen molar-refractivity contribution in [1.29, 1.82) is 0 Å². The molecule has 0 radical (unpaired) electrons. The molecule has 1 N–H and O–H groups in total. The predicted octanol–water partition coefficient (Wildman–Crippen LogP) is 2.09. The minimum atomic E-state index is -0.236. The van der Waals surface area contributed by atoms with Crippen LogP contribution in [0.3, 0.4) is 0 Å². The quantitative estimate of drug-likeness (QED) is 0.928. The fourth-order valence-corrected chi connectivity index (χ4v) is 3.27. The van der Waals surface area contributed by atoms with E-state index < -0.39 is 0 Å². The zero-order valence-corrected chi connectivity index (χ0v) is 14.5. The van der Waals surface area contributed by atoms with Crippen LogP contribution in [0.25, 0.3) is 0 Å². The van der Waals surface area contributed by atoms with E-state index in [2.05, 4.69) is 9.88 Å². The number of H-pyrrole nitrogens is 1. The molecule has 3 rings (SSSR count). The van der Waals surface area contributed by atoms with Crippen LogP contribution in [0.2, 0.25) is 0 Å². The summed E-state index contributed by atoms with van der Waals surface area (Å²) in [4.78, 5) is 31.8. The molecular weight excluding hydrogens is 321 g/mol. The number of nitrogens with one attached hydrogen (secondary N) is 1. The average molecular weight is 343 g/mol. The molecule has 1 aliphatic rings. The second kappa shape index (κ2) is 7.19. The van der Waals surface area contributed by atoms with E-state index in [0.717, 1.165) is 11.3 Å². The Morgan fingerprint density at radius 1 is 1.16 bits per heavy atom. The molecule has 0 saturated carbocycles. The smallest absolute Gasteiger partial charge is 0.259 e. The number of amides is 1. The minimum Gasteiger partial charge on any atom is -0.362 e. The van der Waals surface area contributed by atoms with Gasteiger partial charge < -0.3 is 9.88 Å². The van der Waals surface area contributed by atoms with Crippen molar-refractivity contribution in [2.75, 3.05) is 26.2 Å². The summed E-state index contributed by atoms with van der Waals surface area (Å²) in [5.74, 6) is -0.454. The SMILES string of the molecule is Cc1cc(=O)c(C(=O)N2CCN(Cc3cccc(F)c3)CC2)c(C)[nH]1. The molecule has 5 nitrogen and oxygen atoms in total. The molecule has 2 heterocycles. The van der Waals surface area contributed by atoms with Crippen molar-refractivity contribution in [3.63, 3.8) is 0 Å². The number of rotatable bonds is 3. The topological polar surface area (TPSA) is 56.4 Å². The number of pyridine rings is 1. The summed E-state index contributed by atoms with van der Waals surface area (Å²) >= 11 is 0. The first-order valence-electron chi connectivity index (χ1n) is 8.40. The lowest BCUT2D eigenvalue weighted by Crippen LogP contribution is -2.49. The third-order valence-electron chi connectivity index (χ3n) is 4.52. The summed E-state index contributed by atoms with van der Waals surface area (Å²) < 4.78 is 13.3. The average Bonchev–Trinajstić information content (AvgIpc) is 2.54. The first-order chi connectivity index (χ1) is 11.9. The number of aryl methyl sites for hydroxylation is 2. The van der Waals surface area contributed by atoms with Crippen molar-refractivity contribution >= 4 is 5.91 Å². The number of aromatic amines is 1. The number of halogens is 1. The summed E-state index contributed by atoms with van der Waals surface area (Å²) in [5.41, 5.74) is 2.27. The molecule has 1 amide bonds. The molecule has 6 heteroatoms. The van der Waals surface area contributed by atoms with Crippen LogP contribution in [0, 0.1) is 19.7 Å². The van der Waals surface area contributed by atoms with Gasteiger partial charge in [0.1, 0.15) is 11.4 Å². The normalized spacial score (nSPS) is 15.4. The van der Waals surface area contributed by atoms with Crippen molar-refractivity contribution in [3.8, 4) is 0 Å². The van der Waals surface area contributed by atoms with Crippen molar-refractivity contribution in [2.24, 2.45) is 0 Å². The van der Waals surface area contributed by atoms with E-state index >= 15 is 0 Å². The Morgan fingerprint density at radius 2 is 1.88 bits per heavy atom. The van der Waals surface area contributed by atoms with E-state index in [4.69, 9.17) is 0 Å². The van der Waals surface area contributed by atoms with Gasteiger partial charge in [-0.05, 0) is 31.5 Å². The molecule has 0 unspecified atom stereocenters. The number of hydrogen-bond acceptors (Lipinski definition) is 3. The van der Waals surface area contributed by atoms with Gasteiger partial charge in [-0.2, -0.15) is 0 Å². The monoisotopic (exact) mass is 343 g/mol. The Labute approximate surface area is 146 Å². The second-order valence-electron chi connectivity index (χ2n) is 6.51.